The van der Waals surface area contributed by atoms with Crippen molar-refractivity contribution in [3.8, 4) is 0 Å². The molecule has 0 saturated heterocycles. The van der Waals surface area contributed by atoms with E-state index in [1.807, 2.05) is 44.4 Å². The average molecular weight is 235 g/mol. The summed E-state index contributed by atoms with van der Waals surface area (Å²) in [7, 11) is 4.09. The summed E-state index contributed by atoms with van der Waals surface area (Å²) < 4.78 is 0. The lowest BCUT2D eigenvalue weighted by molar-refractivity contribution is -0.115. The normalized spacial score (nSPS) is 10.5. The fourth-order valence-electron chi connectivity index (χ4n) is 1.45. The third-order valence-corrected chi connectivity index (χ3v) is 2.30. The van der Waals surface area contributed by atoms with E-state index < -0.39 is 0 Å². The Kier molecular flexibility index (Phi) is 6.29. The van der Waals surface area contributed by atoms with Crippen molar-refractivity contribution in [2.75, 3.05) is 39.0 Å². The van der Waals surface area contributed by atoms with Gasteiger partial charge in [0.05, 0.1) is 6.54 Å². The highest BCUT2D eigenvalue weighted by Crippen LogP contribution is 2.03. The number of anilines is 1. The molecule has 0 unspecified atom stereocenters. The van der Waals surface area contributed by atoms with Crippen LogP contribution in [0.5, 0.6) is 0 Å². The van der Waals surface area contributed by atoms with Gasteiger partial charge in [0, 0.05) is 5.69 Å². The maximum absolute atomic E-state index is 11.5. The first-order valence-corrected chi connectivity index (χ1v) is 5.89. The van der Waals surface area contributed by atoms with E-state index in [-0.39, 0.29) is 5.91 Å². The van der Waals surface area contributed by atoms with E-state index in [0.717, 1.165) is 25.2 Å². The van der Waals surface area contributed by atoms with Gasteiger partial charge in [0.1, 0.15) is 0 Å². The van der Waals surface area contributed by atoms with Crippen LogP contribution in [0, 0.1) is 0 Å². The van der Waals surface area contributed by atoms with Crippen molar-refractivity contribution in [1.29, 1.82) is 0 Å². The predicted molar refractivity (Wildman–Crippen MR) is 71.1 cm³/mol. The predicted octanol–water partition coefficient (Wildman–Crippen LogP) is 1.17. The second-order valence-corrected chi connectivity index (χ2v) is 4.25. The number of nitrogens with one attached hydrogen (secondary N) is 2. The molecule has 0 bridgehead atoms. The minimum atomic E-state index is 0.000975. The average Bonchev–Trinajstić information content (AvgIpc) is 2.29. The van der Waals surface area contributed by atoms with Gasteiger partial charge in [-0.1, -0.05) is 18.2 Å². The number of para-hydroxylation sites is 1. The molecule has 1 amide bonds. The lowest BCUT2D eigenvalue weighted by Gasteiger charge is -2.10. The second kappa shape index (κ2) is 7.81. The van der Waals surface area contributed by atoms with Gasteiger partial charge in [-0.3, -0.25) is 4.79 Å². The number of rotatable bonds is 7. The maximum atomic E-state index is 11.5. The summed E-state index contributed by atoms with van der Waals surface area (Å²) in [4.78, 5) is 13.7. The van der Waals surface area contributed by atoms with E-state index in [2.05, 4.69) is 15.5 Å². The highest BCUT2D eigenvalue weighted by atomic mass is 16.1. The summed E-state index contributed by atoms with van der Waals surface area (Å²) in [6.07, 6.45) is 1.05. The topological polar surface area (TPSA) is 44.4 Å². The quantitative estimate of drug-likeness (QED) is 0.697. The minimum absolute atomic E-state index is 0.000975. The molecule has 0 saturated carbocycles. The van der Waals surface area contributed by atoms with Gasteiger partial charge in [-0.05, 0) is 45.7 Å². The Labute approximate surface area is 103 Å². The molecule has 1 rings (SSSR count). The number of hydrogen-bond acceptors (Lipinski definition) is 3. The van der Waals surface area contributed by atoms with Crippen LogP contribution in [0.25, 0.3) is 0 Å². The molecule has 17 heavy (non-hydrogen) atoms. The van der Waals surface area contributed by atoms with Crippen LogP contribution in [-0.4, -0.2) is 44.5 Å². The Morgan fingerprint density at radius 1 is 1.24 bits per heavy atom. The van der Waals surface area contributed by atoms with Crippen LogP contribution in [0.3, 0.4) is 0 Å². The first-order chi connectivity index (χ1) is 8.18. The summed E-state index contributed by atoms with van der Waals surface area (Å²) in [6.45, 7) is 2.26. The van der Waals surface area contributed by atoms with E-state index in [1.165, 1.54) is 0 Å². The molecule has 1 aromatic carbocycles. The van der Waals surface area contributed by atoms with E-state index >= 15 is 0 Å². The molecule has 1 aromatic rings. The van der Waals surface area contributed by atoms with Crippen molar-refractivity contribution in [2.45, 2.75) is 6.42 Å². The highest BCUT2D eigenvalue weighted by Gasteiger charge is 2.00. The zero-order valence-corrected chi connectivity index (χ0v) is 10.6. The van der Waals surface area contributed by atoms with Crippen LogP contribution < -0.4 is 10.6 Å². The van der Waals surface area contributed by atoms with Crippen molar-refractivity contribution >= 4 is 11.6 Å². The van der Waals surface area contributed by atoms with E-state index in [1.54, 1.807) is 0 Å². The molecule has 2 N–H and O–H groups in total. The number of amides is 1. The fraction of sp³-hybridized carbons (Fsp3) is 0.462. The van der Waals surface area contributed by atoms with Crippen molar-refractivity contribution in [3.05, 3.63) is 30.3 Å². The Morgan fingerprint density at radius 2 is 1.94 bits per heavy atom. The molecule has 0 spiro atoms. The van der Waals surface area contributed by atoms with Gasteiger partial charge in [-0.2, -0.15) is 0 Å². The standard InChI is InChI=1S/C13H21N3O/c1-16(2)10-6-9-14-11-13(17)15-12-7-4-3-5-8-12/h3-5,7-8,14H,6,9-11H2,1-2H3,(H,15,17). The van der Waals surface area contributed by atoms with Crippen molar-refractivity contribution in [1.82, 2.24) is 10.2 Å². The molecule has 0 aromatic heterocycles. The number of carbonyl (C=O) groups is 1. The molecule has 4 heteroatoms. The van der Waals surface area contributed by atoms with Crippen LogP contribution in [0.1, 0.15) is 6.42 Å². The minimum Gasteiger partial charge on any atom is -0.325 e. The molecule has 0 heterocycles. The molecule has 0 fully saturated rings. The van der Waals surface area contributed by atoms with Crippen molar-refractivity contribution in [2.24, 2.45) is 0 Å². The molecule has 0 aliphatic heterocycles. The monoisotopic (exact) mass is 235 g/mol. The first-order valence-electron chi connectivity index (χ1n) is 5.89. The zero-order valence-electron chi connectivity index (χ0n) is 10.6. The van der Waals surface area contributed by atoms with Gasteiger partial charge < -0.3 is 15.5 Å². The summed E-state index contributed by atoms with van der Waals surface area (Å²) in [5, 5.41) is 5.95. The van der Waals surface area contributed by atoms with Gasteiger partial charge >= 0.3 is 0 Å². The van der Waals surface area contributed by atoms with Gasteiger partial charge in [0.15, 0.2) is 0 Å². The molecule has 0 aliphatic carbocycles. The fourth-order valence-corrected chi connectivity index (χ4v) is 1.45. The smallest absolute Gasteiger partial charge is 0.238 e. The van der Waals surface area contributed by atoms with Crippen molar-refractivity contribution in [3.63, 3.8) is 0 Å². The third-order valence-electron chi connectivity index (χ3n) is 2.30. The Morgan fingerprint density at radius 3 is 2.59 bits per heavy atom. The molecular formula is C13H21N3O. The maximum Gasteiger partial charge on any atom is 0.238 e. The number of hydrogen-bond donors (Lipinski definition) is 2. The first kappa shape index (κ1) is 13.7. The van der Waals surface area contributed by atoms with Crippen LogP contribution >= 0.6 is 0 Å². The van der Waals surface area contributed by atoms with Crippen LogP contribution in [-0.2, 0) is 4.79 Å². The summed E-state index contributed by atoms with van der Waals surface area (Å²) in [5.74, 6) is 0.000975. The highest BCUT2D eigenvalue weighted by molar-refractivity contribution is 5.92. The van der Waals surface area contributed by atoms with Crippen molar-refractivity contribution < 1.29 is 4.79 Å². The molecule has 4 nitrogen and oxygen atoms in total. The number of benzene rings is 1. The number of carbonyl (C=O) groups excluding carboxylic acids is 1. The zero-order chi connectivity index (χ0) is 12.5. The molecule has 0 radical (unpaired) electrons. The molecule has 0 aliphatic rings. The van der Waals surface area contributed by atoms with Gasteiger partial charge in [0.25, 0.3) is 0 Å². The van der Waals surface area contributed by atoms with Crippen LogP contribution in [0.15, 0.2) is 30.3 Å². The molecule has 94 valence electrons. The number of nitrogens with zero attached hydrogens (tertiary/aromatic N) is 1. The Hall–Kier alpha value is -1.39. The van der Waals surface area contributed by atoms with Crippen LogP contribution in [0.2, 0.25) is 0 Å². The Bertz CT molecular complexity index is 325. The SMILES string of the molecule is CN(C)CCCNCC(=O)Nc1ccccc1. The van der Waals surface area contributed by atoms with E-state index in [0.29, 0.717) is 6.54 Å². The second-order valence-electron chi connectivity index (χ2n) is 4.25. The van der Waals surface area contributed by atoms with E-state index in [4.69, 9.17) is 0 Å². The lowest BCUT2D eigenvalue weighted by Crippen LogP contribution is -2.30. The third kappa shape index (κ3) is 6.71. The summed E-state index contributed by atoms with van der Waals surface area (Å²) >= 11 is 0. The summed E-state index contributed by atoms with van der Waals surface area (Å²) in [5.41, 5.74) is 0.840. The Balaban J connectivity index is 2.10. The summed E-state index contributed by atoms with van der Waals surface area (Å²) in [6, 6.07) is 9.49. The van der Waals surface area contributed by atoms with Gasteiger partial charge in [-0.25, -0.2) is 0 Å². The lowest BCUT2D eigenvalue weighted by atomic mass is 10.3. The van der Waals surface area contributed by atoms with Gasteiger partial charge in [-0.15, -0.1) is 0 Å². The van der Waals surface area contributed by atoms with Gasteiger partial charge in [0.2, 0.25) is 5.91 Å². The van der Waals surface area contributed by atoms with E-state index in [9.17, 15) is 4.79 Å². The molecule has 0 atom stereocenters. The molecular weight excluding hydrogens is 214 g/mol. The van der Waals surface area contributed by atoms with Crippen LogP contribution in [0.4, 0.5) is 5.69 Å². The largest absolute Gasteiger partial charge is 0.325 e.